The van der Waals surface area contributed by atoms with Crippen LogP contribution in [0.5, 0.6) is 5.75 Å². The number of carbonyl (C=O) groups is 1. The van der Waals surface area contributed by atoms with Crippen molar-refractivity contribution in [3.05, 3.63) is 55.3 Å². The lowest BCUT2D eigenvalue weighted by atomic mass is 10.2. The molecule has 116 valence electrons. The summed E-state index contributed by atoms with van der Waals surface area (Å²) in [4.78, 5) is 12.4. The smallest absolute Gasteiger partial charge is 0.267 e. The predicted molar refractivity (Wildman–Crippen MR) is 90.5 cm³/mol. The molecule has 0 aliphatic rings. The maximum absolute atomic E-state index is 12.4. The van der Waals surface area contributed by atoms with Gasteiger partial charge in [-0.25, -0.2) is 0 Å². The summed E-state index contributed by atoms with van der Waals surface area (Å²) < 4.78 is 7.64. The topological polar surface area (TPSA) is 43.3 Å². The Bertz CT molecular complexity index is 686. The van der Waals surface area contributed by atoms with Crippen LogP contribution in [0.4, 0.5) is 0 Å². The fourth-order valence-electron chi connectivity index (χ4n) is 2.37. The first kappa shape index (κ1) is 15.9. The fraction of sp³-hybridized carbons (Fsp3) is 0.278. The minimum absolute atomic E-state index is 0.0745. The van der Waals surface area contributed by atoms with Crippen LogP contribution in [0.15, 0.2) is 49.6 Å². The molecule has 1 aromatic carbocycles. The molecular formula is C18H22N2O2. The van der Waals surface area contributed by atoms with Crippen molar-refractivity contribution in [3.63, 3.8) is 0 Å². The van der Waals surface area contributed by atoms with Crippen LogP contribution in [0.2, 0.25) is 0 Å². The van der Waals surface area contributed by atoms with Crippen molar-refractivity contribution in [2.24, 2.45) is 0 Å². The first-order valence-electron chi connectivity index (χ1n) is 7.48. The number of nitrogens with zero attached hydrogens (tertiary/aromatic N) is 1. The third kappa shape index (κ3) is 3.22. The van der Waals surface area contributed by atoms with E-state index in [0.717, 1.165) is 23.1 Å². The quantitative estimate of drug-likeness (QED) is 0.758. The molecule has 1 heterocycles. The minimum atomic E-state index is -0.0745. The van der Waals surface area contributed by atoms with Crippen molar-refractivity contribution < 1.29 is 9.53 Å². The number of nitrogens with one attached hydrogen (secondary N) is 1. The van der Waals surface area contributed by atoms with Gasteiger partial charge in [0.25, 0.3) is 5.91 Å². The average Bonchev–Trinajstić information content (AvgIpc) is 2.90. The van der Waals surface area contributed by atoms with Crippen molar-refractivity contribution >= 4 is 16.8 Å². The molecule has 0 atom stereocenters. The summed E-state index contributed by atoms with van der Waals surface area (Å²) in [6, 6.07) is 7.68. The summed E-state index contributed by atoms with van der Waals surface area (Å²) in [5.41, 5.74) is 1.58. The highest BCUT2D eigenvalue weighted by molar-refractivity contribution is 6.00. The summed E-state index contributed by atoms with van der Waals surface area (Å²) >= 11 is 0. The van der Waals surface area contributed by atoms with Crippen molar-refractivity contribution in [2.75, 3.05) is 13.2 Å². The molecule has 0 saturated heterocycles. The number of aromatic nitrogens is 1. The van der Waals surface area contributed by atoms with E-state index in [9.17, 15) is 4.79 Å². The van der Waals surface area contributed by atoms with Crippen molar-refractivity contribution in [1.82, 2.24) is 9.88 Å². The molecule has 0 saturated carbocycles. The van der Waals surface area contributed by atoms with Gasteiger partial charge in [0.1, 0.15) is 18.1 Å². The standard InChI is InChI=1S/C18H22N2O2/c1-4-10-19-18(21)16-13-14-15(20(16)11-5-2)8-7-9-17(14)22-12-6-3/h5-9,13H,2-4,10-12H2,1H3,(H,19,21). The van der Waals surface area contributed by atoms with E-state index in [4.69, 9.17) is 4.74 Å². The summed E-state index contributed by atoms with van der Waals surface area (Å²) in [7, 11) is 0. The molecule has 0 fully saturated rings. The molecule has 4 nitrogen and oxygen atoms in total. The van der Waals surface area contributed by atoms with Gasteiger partial charge in [0.05, 0.1) is 5.52 Å². The Balaban J connectivity index is 2.50. The van der Waals surface area contributed by atoms with Crippen LogP contribution in [-0.2, 0) is 6.54 Å². The van der Waals surface area contributed by atoms with Gasteiger partial charge in [-0.15, -0.1) is 6.58 Å². The summed E-state index contributed by atoms with van der Waals surface area (Å²) in [6.45, 7) is 11.1. The molecule has 22 heavy (non-hydrogen) atoms. The van der Waals surface area contributed by atoms with Crippen LogP contribution < -0.4 is 10.1 Å². The molecule has 1 amide bonds. The number of ether oxygens (including phenoxy) is 1. The molecular weight excluding hydrogens is 276 g/mol. The number of rotatable bonds is 8. The van der Waals surface area contributed by atoms with Gasteiger partial charge in [-0.1, -0.05) is 31.7 Å². The lowest BCUT2D eigenvalue weighted by Gasteiger charge is -2.09. The fourth-order valence-corrected chi connectivity index (χ4v) is 2.37. The van der Waals surface area contributed by atoms with Gasteiger partial charge < -0.3 is 14.6 Å². The normalized spacial score (nSPS) is 10.4. The van der Waals surface area contributed by atoms with Crippen LogP contribution in [0.3, 0.4) is 0 Å². The lowest BCUT2D eigenvalue weighted by molar-refractivity contribution is 0.0945. The average molecular weight is 298 g/mol. The molecule has 0 aliphatic heterocycles. The zero-order valence-electron chi connectivity index (χ0n) is 13.0. The largest absolute Gasteiger partial charge is 0.489 e. The summed E-state index contributed by atoms with van der Waals surface area (Å²) in [5.74, 6) is 0.680. The van der Waals surface area contributed by atoms with E-state index in [1.165, 1.54) is 0 Å². The molecule has 0 spiro atoms. The Hall–Kier alpha value is -2.49. The SMILES string of the molecule is C=CCOc1cccc2c1cc(C(=O)NCCC)n2CC=C. The highest BCUT2D eigenvalue weighted by atomic mass is 16.5. The Labute approximate surface area is 131 Å². The Morgan fingerprint density at radius 2 is 2.18 bits per heavy atom. The minimum Gasteiger partial charge on any atom is -0.489 e. The van der Waals surface area contributed by atoms with E-state index < -0.39 is 0 Å². The maximum Gasteiger partial charge on any atom is 0.267 e. The number of hydrogen-bond acceptors (Lipinski definition) is 2. The van der Waals surface area contributed by atoms with E-state index in [1.54, 1.807) is 12.2 Å². The van der Waals surface area contributed by atoms with Gasteiger partial charge in [0.2, 0.25) is 0 Å². The number of hydrogen-bond donors (Lipinski definition) is 1. The molecule has 0 aliphatic carbocycles. The van der Waals surface area contributed by atoms with E-state index in [1.807, 2.05) is 35.8 Å². The van der Waals surface area contributed by atoms with Gasteiger partial charge in [-0.2, -0.15) is 0 Å². The van der Waals surface area contributed by atoms with Crippen LogP contribution in [-0.4, -0.2) is 23.6 Å². The summed E-state index contributed by atoms with van der Waals surface area (Å²) in [6.07, 6.45) is 4.39. The van der Waals surface area contributed by atoms with E-state index in [-0.39, 0.29) is 5.91 Å². The second-order valence-corrected chi connectivity index (χ2v) is 4.97. The van der Waals surface area contributed by atoms with Crippen LogP contribution in [0, 0.1) is 0 Å². The monoisotopic (exact) mass is 298 g/mol. The van der Waals surface area contributed by atoms with E-state index in [0.29, 0.717) is 25.4 Å². The van der Waals surface area contributed by atoms with E-state index >= 15 is 0 Å². The van der Waals surface area contributed by atoms with Crippen molar-refractivity contribution in [2.45, 2.75) is 19.9 Å². The zero-order valence-corrected chi connectivity index (χ0v) is 13.0. The number of allylic oxidation sites excluding steroid dienone is 1. The molecule has 2 aromatic rings. The van der Waals surface area contributed by atoms with Gasteiger partial charge in [-0.3, -0.25) is 4.79 Å². The van der Waals surface area contributed by atoms with Gasteiger partial charge in [-0.05, 0) is 24.6 Å². The molecule has 2 rings (SSSR count). The lowest BCUT2D eigenvalue weighted by Crippen LogP contribution is -2.26. The van der Waals surface area contributed by atoms with E-state index in [2.05, 4.69) is 18.5 Å². The molecule has 0 bridgehead atoms. The van der Waals surface area contributed by atoms with Crippen molar-refractivity contribution in [3.8, 4) is 5.75 Å². The van der Waals surface area contributed by atoms with Crippen LogP contribution in [0.25, 0.3) is 10.9 Å². The highest BCUT2D eigenvalue weighted by Gasteiger charge is 2.16. The molecule has 0 unspecified atom stereocenters. The molecule has 4 heteroatoms. The first-order chi connectivity index (χ1) is 10.7. The second kappa shape index (κ2) is 7.50. The van der Waals surface area contributed by atoms with Gasteiger partial charge >= 0.3 is 0 Å². The second-order valence-electron chi connectivity index (χ2n) is 4.97. The highest BCUT2D eigenvalue weighted by Crippen LogP contribution is 2.29. The van der Waals surface area contributed by atoms with Gasteiger partial charge in [0.15, 0.2) is 0 Å². The third-order valence-electron chi connectivity index (χ3n) is 3.34. The predicted octanol–water partition coefficient (Wildman–Crippen LogP) is 3.53. The summed E-state index contributed by atoms with van der Waals surface area (Å²) in [5, 5.41) is 3.84. The third-order valence-corrected chi connectivity index (χ3v) is 3.34. The maximum atomic E-state index is 12.4. The number of carbonyl (C=O) groups excluding carboxylic acids is 1. The van der Waals surface area contributed by atoms with Gasteiger partial charge in [0, 0.05) is 18.5 Å². The number of benzene rings is 1. The number of fused-ring (bicyclic) bond motifs is 1. The molecule has 1 N–H and O–H groups in total. The first-order valence-corrected chi connectivity index (χ1v) is 7.48. The Kier molecular flexibility index (Phi) is 5.42. The Morgan fingerprint density at radius 1 is 1.36 bits per heavy atom. The molecule has 0 radical (unpaired) electrons. The van der Waals surface area contributed by atoms with Crippen molar-refractivity contribution in [1.29, 1.82) is 0 Å². The molecule has 1 aromatic heterocycles. The van der Waals surface area contributed by atoms with Crippen LogP contribution >= 0.6 is 0 Å². The number of amides is 1. The Morgan fingerprint density at radius 3 is 2.86 bits per heavy atom. The van der Waals surface area contributed by atoms with Crippen LogP contribution in [0.1, 0.15) is 23.8 Å². The zero-order chi connectivity index (χ0) is 15.9.